The highest BCUT2D eigenvalue weighted by Gasteiger charge is 2.21. The van der Waals surface area contributed by atoms with Gasteiger partial charge < -0.3 is 10.4 Å². The molecule has 1 fully saturated rings. The third kappa shape index (κ3) is 3.19. The lowest BCUT2D eigenvalue weighted by molar-refractivity contribution is 0.0702. The van der Waals surface area contributed by atoms with Crippen molar-refractivity contribution >= 4 is 22.4 Å². The summed E-state index contributed by atoms with van der Waals surface area (Å²) in [5, 5.41) is 12.9. The first kappa shape index (κ1) is 12.4. The highest BCUT2D eigenvalue weighted by Crippen LogP contribution is 2.29. The molecule has 0 radical (unpaired) electrons. The van der Waals surface area contributed by atoms with Crippen LogP contribution in [0, 0.1) is 5.92 Å². The van der Waals surface area contributed by atoms with Crippen molar-refractivity contribution in [3.8, 4) is 0 Å². The van der Waals surface area contributed by atoms with Crippen molar-refractivity contribution in [3.05, 3.63) is 11.1 Å². The Morgan fingerprint density at radius 1 is 1.53 bits per heavy atom. The molecule has 0 amide bonds. The highest BCUT2D eigenvalue weighted by atomic mass is 32.1. The molecule has 0 bridgehead atoms. The molecule has 2 rings (SSSR count). The minimum absolute atomic E-state index is 0.295. The monoisotopic (exact) mass is 254 g/mol. The van der Waals surface area contributed by atoms with Crippen molar-refractivity contribution in [3.63, 3.8) is 0 Å². The van der Waals surface area contributed by atoms with E-state index < -0.39 is 5.97 Å². The summed E-state index contributed by atoms with van der Waals surface area (Å²) in [5.74, 6) is -0.207. The third-order valence-electron chi connectivity index (χ3n) is 3.42. The van der Waals surface area contributed by atoms with Crippen molar-refractivity contribution in [2.45, 2.75) is 45.1 Å². The number of aromatic carboxylic acids is 1. The van der Waals surface area contributed by atoms with Crippen LogP contribution in [0.5, 0.6) is 0 Å². The Hall–Kier alpha value is -1.10. The van der Waals surface area contributed by atoms with E-state index in [-0.39, 0.29) is 0 Å². The number of aromatic nitrogens is 1. The maximum atomic E-state index is 10.7. The van der Waals surface area contributed by atoms with Gasteiger partial charge in [-0.05, 0) is 25.7 Å². The normalized spacial score (nSPS) is 18.9. The molecule has 0 aliphatic heterocycles. The van der Waals surface area contributed by atoms with E-state index in [4.69, 9.17) is 5.11 Å². The van der Waals surface area contributed by atoms with Crippen LogP contribution >= 0.6 is 11.3 Å². The number of carboxylic acid groups (broad SMARTS) is 1. The quantitative estimate of drug-likeness (QED) is 0.866. The topological polar surface area (TPSA) is 62.2 Å². The molecule has 0 aromatic carbocycles. The van der Waals surface area contributed by atoms with Gasteiger partial charge in [0.25, 0.3) is 0 Å². The van der Waals surface area contributed by atoms with Crippen LogP contribution in [-0.4, -0.2) is 22.1 Å². The van der Waals surface area contributed by atoms with Gasteiger partial charge >= 0.3 is 5.97 Å². The predicted molar refractivity (Wildman–Crippen MR) is 68.7 cm³/mol. The third-order valence-corrected chi connectivity index (χ3v) is 4.34. The van der Waals surface area contributed by atoms with Gasteiger partial charge in [-0.2, -0.15) is 0 Å². The van der Waals surface area contributed by atoms with Crippen molar-refractivity contribution in [1.29, 1.82) is 0 Å². The SMILES string of the molecule is CC(Nc1ncc(C(=O)O)s1)C1CCCCC1. The van der Waals surface area contributed by atoms with Crippen LogP contribution < -0.4 is 5.32 Å². The lowest BCUT2D eigenvalue weighted by Crippen LogP contribution is -2.27. The molecule has 1 aromatic rings. The minimum Gasteiger partial charge on any atom is -0.477 e. The summed E-state index contributed by atoms with van der Waals surface area (Å²) in [6.45, 7) is 2.16. The highest BCUT2D eigenvalue weighted by molar-refractivity contribution is 7.17. The number of hydrogen-bond donors (Lipinski definition) is 2. The molecule has 0 saturated heterocycles. The molecular weight excluding hydrogens is 236 g/mol. The van der Waals surface area contributed by atoms with Gasteiger partial charge in [0.05, 0.1) is 6.20 Å². The maximum Gasteiger partial charge on any atom is 0.347 e. The fraction of sp³-hybridized carbons (Fsp3) is 0.667. The first-order chi connectivity index (χ1) is 8.16. The van der Waals surface area contributed by atoms with Crippen LogP contribution in [0.15, 0.2) is 6.20 Å². The van der Waals surface area contributed by atoms with Gasteiger partial charge in [0.2, 0.25) is 0 Å². The lowest BCUT2D eigenvalue weighted by Gasteiger charge is -2.28. The van der Waals surface area contributed by atoms with Crippen LogP contribution in [0.25, 0.3) is 0 Å². The number of rotatable bonds is 4. The molecule has 4 nitrogen and oxygen atoms in total. The standard InChI is InChI=1S/C12H18N2O2S/c1-8(9-5-3-2-4-6-9)14-12-13-7-10(17-12)11(15)16/h7-9H,2-6H2,1H3,(H,13,14)(H,15,16). The van der Waals surface area contributed by atoms with Crippen LogP contribution in [0.2, 0.25) is 0 Å². The molecule has 17 heavy (non-hydrogen) atoms. The Labute approximate surface area is 105 Å². The molecule has 1 unspecified atom stereocenters. The maximum absolute atomic E-state index is 10.7. The molecular formula is C12H18N2O2S. The smallest absolute Gasteiger partial charge is 0.347 e. The summed E-state index contributed by atoms with van der Waals surface area (Å²) in [7, 11) is 0. The molecule has 5 heteroatoms. The van der Waals surface area contributed by atoms with Gasteiger partial charge in [-0.1, -0.05) is 30.6 Å². The largest absolute Gasteiger partial charge is 0.477 e. The fourth-order valence-electron chi connectivity index (χ4n) is 2.39. The molecule has 1 aliphatic carbocycles. The molecule has 94 valence electrons. The number of thiazole rings is 1. The summed E-state index contributed by atoms with van der Waals surface area (Å²) in [6, 6.07) is 0.378. The second kappa shape index (κ2) is 5.49. The van der Waals surface area contributed by atoms with Crippen LogP contribution in [0.3, 0.4) is 0 Å². The molecule has 1 aromatic heterocycles. The van der Waals surface area contributed by atoms with Gasteiger partial charge in [-0.15, -0.1) is 0 Å². The number of anilines is 1. The Morgan fingerprint density at radius 3 is 2.82 bits per heavy atom. The zero-order valence-electron chi connectivity index (χ0n) is 9.98. The predicted octanol–water partition coefficient (Wildman–Crippen LogP) is 3.22. The van der Waals surface area contributed by atoms with Gasteiger partial charge in [0.1, 0.15) is 4.88 Å². The minimum atomic E-state index is -0.902. The zero-order chi connectivity index (χ0) is 12.3. The van der Waals surface area contributed by atoms with Gasteiger partial charge in [0.15, 0.2) is 5.13 Å². The number of nitrogens with zero attached hydrogens (tertiary/aromatic N) is 1. The number of hydrogen-bond acceptors (Lipinski definition) is 4. The van der Waals surface area contributed by atoms with E-state index >= 15 is 0 Å². The Bertz CT molecular complexity index is 386. The van der Waals surface area contributed by atoms with Gasteiger partial charge in [-0.3, -0.25) is 0 Å². The Balaban J connectivity index is 1.92. The second-order valence-corrected chi connectivity index (χ2v) is 5.70. The summed E-state index contributed by atoms with van der Waals surface area (Å²) in [6.07, 6.45) is 7.94. The van der Waals surface area contributed by atoms with E-state index in [0.29, 0.717) is 16.8 Å². The average molecular weight is 254 g/mol. The molecule has 0 spiro atoms. The first-order valence-corrected chi connectivity index (χ1v) is 6.94. The summed E-state index contributed by atoms with van der Waals surface area (Å²) >= 11 is 1.21. The fourth-order valence-corrected chi connectivity index (χ4v) is 3.14. The van der Waals surface area contributed by atoms with Crippen LogP contribution in [0.4, 0.5) is 5.13 Å². The molecule has 1 saturated carbocycles. The average Bonchev–Trinajstić information content (AvgIpc) is 2.79. The van der Waals surface area contributed by atoms with Crippen molar-refractivity contribution < 1.29 is 9.90 Å². The van der Waals surface area contributed by atoms with E-state index in [1.165, 1.54) is 49.6 Å². The second-order valence-electron chi connectivity index (χ2n) is 4.67. The van der Waals surface area contributed by atoms with E-state index in [9.17, 15) is 4.79 Å². The van der Waals surface area contributed by atoms with Crippen molar-refractivity contribution in [2.24, 2.45) is 5.92 Å². The summed E-state index contributed by atoms with van der Waals surface area (Å²) < 4.78 is 0. The van der Waals surface area contributed by atoms with E-state index in [0.717, 1.165) is 5.13 Å². The van der Waals surface area contributed by atoms with Crippen molar-refractivity contribution in [2.75, 3.05) is 5.32 Å². The number of carboxylic acids is 1. The van der Waals surface area contributed by atoms with E-state index in [1.807, 2.05) is 0 Å². The summed E-state index contributed by atoms with van der Waals surface area (Å²) in [5.41, 5.74) is 0. The molecule has 2 N–H and O–H groups in total. The number of carbonyl (C=O) groups is 1. The van der Waals surface area contributed by atoms with Crippen molar-refractivity contribution in [1.82, 2.24) is 4.98 Å². The zero-order valence-corrected chi connectivity index (χ0v) is 10.8. The van der Waals surface area contributed by atoms with Gasteiger partial charge in [-0.25, -0.2) is 9.78 Å². The molecule has 1 aliphatic rings. The van der Waals surface area contributed by atoms with E-state index in [2.05, 4.69) is 17.2 Å². The molecule has 1 heterocycles. The Morgan fingerprint density at radius 2 is 2.24 bits per heavy atom. The first-order valence-electron chi connectivity index (χ1n) is 6.12. The Kier molecular flexibility index (Phi) is 3.99. The van der Waals surface area contributed by atoms with Crippen LogP contribution in [0.1, 0.15) is 48.7 Å². The lowest BCUT2D eigenvalue weighted by atomic mass is 9.85. The van der Waals surface area contributed by atoms with Gasteiger partial charge in [0, 0.05) is 6.04 Å². The van der Waals surface area contributed by atoms with Crippen LogP contribution in [-0.2, 0) is 0 Å². The molecule has 1 atom stereocenters. The number of nitrogens with one attached hydrogen (secondary N) is 1. The van der Waals surface area contributed by atoms with E-state index in [1.54, 1.807) is 0 Å². The summed E-state index contributed by atoms with van der Waals surface area (Å²) in [4.78, 5) is 15.1.